The van der Waals surface area contributed by atoms with Gasteiger partial charge in [-0.3, -0.25) is 9.88 Å². The molecule has 2 heterocycles. The fourth-order valence-corrected chi connectivity index (χ4v) is 4.76. The van der Waals surface area contributed by atoms with Crippen molar-refractivity contribution in [3.63, 3.8) is 0 Å². The van der Waals surface area contributed by atoms with Crippen LogP contribution in [0.15, 0.2) is 48.7 Å². The van der Waals surface area contributed by atoms with E-state index >= 15 is 0 Å². The van der Waals surface area contributed by atoms with E-state index in [1.165, 1.54) is 12.0 Å². The number of para-hydroxylation sites is 1. The Kier molecular flexibility index (Phi) is 4.48. The quantitative estimate of drug-likeness (QED) is 0.930. The number of methoxy groups -OCH3 is 1. The van der Waals surface area contributed by atoms with Crippen molar-refractivity contribution in [1.29, 1.82) is 0 Å². The first-order chi connectivity index (χ1) is 12.2. The van der Waals surface area contributed by atoms with E-state index in [1.54, 1.807) is 13.3 Å². The number of fused-ring (bicyclic) bond motifs is 2. The lowest BCUT2D eigenvalue weighted by molar-refractivity contribution is -0.151. The van der Waals surface area contributed by atoms with Gasteiger partial charge in [0.15, 0.2) is 0 Å². The van der Waals surface area contributed by atoms with Gasteiger partial charge in [-0.1, -0.05) is 30.7 Å². The second-order valence-corrected chi connectivity index (χ2v) is 7.37. The molecule has 1 saturated carbocycles. The first-order valence-corrected chi connectivity index (χ1v) is 9.20. The lowest BCUT2D eigenvalue weighted by atomic mass is 9.64. The van der Waals surface area contributed by atoms with Crippen molar-refractivity contribution in [2.24, 2.45) is 11.8 Å². The molecule has 0 amide bonds. The summed E-state index contributed by atoms with van der Waals surface area (Å²) < 4.78 is 5.51. The van der Waals surface area contributed by atoms with Gasteiger partial charge in [0, 0.05) is 43.2 Å². The van der Waals surface area contributed by atoms with Crippen LogP contribution in [0.1, 0.15) is 30.5 Å². The zero-order valence-electron chi connectivity index (χ0n) is 14.8. The minimum Gasteiger partial charge on any atom is -0.496 e. The molecule has 2 aliphatic rings. The number of hydrogen-bond donors (Lipinski definition) is 1. The van der Waals surface area contributed by atoms with Crippen molar-refractivity contribution < 1.29 is 9.84 Å². The van der Waals surface area contributed by atoms with Crippen molar-refractivity contribution >= 4 is 0 Å². The third-order valence-corrected chi connectivity index (χ3v) is 5.97. The Bertz CT molecular complexity index is 705. The molecule has 1 aromatic heterocycles. The van der Waals surface area contributed by atoms with Gasteiger partial charge in [0.05, 0.1) is 12.8 Å². The minimum absolute atomic E-state index is 0.240. The number of hydrogen-bond acceptors (Lipinski definition) is 4. The Morgan fingerprint density at radius 2 is 1.84 bits per heavy atom. The normalized spacial score (nSPS) is 29.4. The van der Waals surface area contributed by atoms with Crippen LogP contribution in [0.2, 0.25) is 0 Å². The van der Waals surface area contributed by atoms with Crippen molar-refractivity contribution in [3.8, 4) is 5.75 Å². The summed E-state index contributed by atoms with van der Waals surface area (Å²) in [7, 11) is 1.73. The summed E-state index contributed by atoms with van der Waals surface area (Å²) in [5.74, 6) is 1.42. The van der Waals surface area contributed by atoms with E-state index in [-0.39, 0.29) is 11.8 Å². The molecule has 1 aliphatic carbocycles. The molecule has 1 saturated heterocycles. The first kappa shape index (κ1) is 16.6. The van der Waals surface area contributed by atoms with Crippen LogP contribution in [0.25, 0.3) is 0 Å². The van der Waals surface area contributed by atoms with Crippen LogP contribution in [-0.2, 0) is 12.1 Å². The Hall–Kier alpha value is -1.91. The van der Waals surface area contributed by atoms with E-state index in [4.69, 9.17) is 4.74 Å². The fraction of sp³-hybridized carbons (Fsp3) is 0.476. The summed E-state index contributed by atoms with van der Waals surface area (Å²) >= 11 is 0. The molecule has 1 aromatic carbocycles. The van der Waals surface area contributed by atoms with Gasteiger partial charge in [0.2, 0.25) is 0 Å². The third-order valence-electron chi connectivity index (χ3n) is 5.97. The molecule has 2 aromatic rings. The van der Waals surface area contributed by atoms with E-state index in [1.807, 2.05) is 30.3 Å². The number of likely N-dealkylation sites (tertiary alicyclic amines) is 1. The molecule has 132 valence electrons. The molecule has 0 radical (unpaired) electrons. The van der Waals surface area contributed by atoms with Gasteiger partial charge in [0.25, 0.3) is 0 Å². The summed E-state index contributed by atoms with van der Waals surface area (Å²) in [5, 5.41) is 11.6. The van der Waals surface area contributed by atoms with Crippen molar-refractivity contribution in [2.45, 2.75) is 31.4 Å². The van der Waals surface area contributed by atoms with Gasteiger partial charge in [0.1, 0.15) is 11.4 Å². The molecular formula is C21H26N2O2. The highest BCUT2D eigenvalue weighted by Crippen LogP contribution is 2.48. The highest BCUT2D eigenvalue weighted by Gasteiger charge is 2.52. The first-order valence-electron chi connectivity index (χ1n) is 9.20. The zero-order valence-corrected chi connectivity index (χ0v) is 14.8. The number of rotatable bonds is 4. The van der Waals surface area contributed by atoms with Gasteiger partial charge in [-0.2, -0.15) is 0 Å². The molecule has 2 fully saturated rings. The molecule has 3 atom stereocenters. The summed E-state index contributed by atoms with van der Waals surface area (Å²) in [6, 6.07) is 14.1. The highest BCUT2D eigenvalue weighted by atomic mass is 16.5. The molecular weight excluding hydrogens is 312 g/mol. The molecule has 1 unspecified atom stereocenters. The second kappa shape index (κ2) is 6.77. The number of aromatic nitrogens is 1. The Labute approximate surface area is 149 Å². The molecule has 4 nitrogen and oxygen atoms in total. The van der Waals surface area contributed by atoms with Crippen LogP contribution in [0.5, 0.6) is 5.75 Å². The van der Waals surface area contributed by atoms with Crippen molar-refractivity contribution in [1.82, 2.24) is 9.88 Å². The number of piperidine rings is 1. The average molecular weight is 338 g/mol. The van der Waals surface area contributed by atoms with Gasteiger partial charge in [-0.05, 0) is 31.0 Å². The van der Waals surface area contributed by atoms with Crippen molar-refractivity contribution in [3.05, 3.63) is 59.9 Å². The molecule has 0 spiro atoms. The maximum Gasteiger partial charge on any atom is 0.123 e. The van der Waals surface area contributed by atoms with Crippen LogP contribution >= 0.6 is 0 Å². The van der Waals surface area contributed by atoms with Gasteiger partial charge < -0.3 is 9.84 Å². The molecule has 1 N–H and O–H groups in total. The lowest BCUT2D eigenvalue weighted by Crippen LogP contribution is -2.58. The monoisotopic (exact) mass is 338 g/mol. The molecule has 2 bridgehead atoms. The van der Waals surface area contributed by atoms with E-state index < -0.39 is 5.60 Å². The summed E-state index contributed by atoms with van der Waals surface area (Å²) in [6.45, 7) is 2.68. The van der Waals surface area contributed by atoms with E-state index in [0.29, 0.717) is 0 Å². The number of pyridine rings is 1. The van der Waals surface area contributed by atoms with Crippen LogP contribution in [0.3, 0.4) is 0 Å². The number of aliphatic hydroxyl groups is 1. The van der Waals surface area contributed by atoms with Gasteiger partial charge >= 0.3 is 0 Å². The lowest BCUT2D eigenvalue weighted by Gasteiger charge is -2.52. The second-order valence-electron chi connectivity index (χ2n) is 7.37. The minimum atomic E-state index is -0.781. The van der Waals surface area contributed by atoms with E-state index in [0.717, 1.165) is 43.9 Å². The number of ether oxygens (including phenoxy) is 1. The summed E-state index contributed by atoms with van der Waals surface area (Å²) in [6.07, 6.45) is 5.12. The predicted octanol–water partition coefficient (Wildman–Crippen LogP) is 3.21. The Balaban J connectivity index is 1.57. The summed E-state index contributed by atoms with van der Waals surface area (Å²) in [4.78, 5) is 6.98. The van der Waals surface area contributed by atoms with E-state index in [9.17, 15) is 5.11 Å². The number of nitrogens with zero attached hydrogens (tertiary/aromatic N) is 2. The third kappa shape index (κ3) is 2.94. The number of benzene rings is 1. The van der Waals surface area contributed by atoms with Crippen LogP contribution in [0, 0.1) is 11.8 Å². The van der Waals surface area contributed by atoms with Crippen LogP contribution < -0.4 is 4.74 Å². The Morgan fingerprint density at radius 3 is 2.52 bits per heavy atom. The topological polar surface area (TPSA) is 45.6 Å². The van der Waals surface area contributed by atoms with Crippen molar-refractivity contribution in [2.75, 3.05) is 20.2 Å². The largest absolute Gasteiger partial charge is 0.496 e. The smallest absolute Gasteiger partial charge is 0.123 e. The summed E-state index contributed by atoms with van der Waals surface area (Å²) in [5.41, 5.74) is 1.28. The maximum atomic E-state index is 11.6. The Morgan fingerprint density at radius 1 is 1.12 bits per heavy atom. The zero-order chi connectivity index (χ0) is 17.3. The molecule has 4 heteroatoms. The standard InChI is InChI=1S/C21H26N2O2/c1-25-19-10-3-2-7-16(19)13-23-14-17-8-6-9-18(15-23)21(17,24)20-11-4-5-12-22-20/h2-5,7,10-12,17-18,24H,6,8-9,13-15H2,1H3/t17-,18+,21?. The van der Waals surface area contributed by atoms with E-state index in [2.05, 4.69) is 22.0 Å². The van der Waals surface area contributed by atoms with Gasteiger partial charge in [-0.15, -0.1) is 0 Å². The molecule has 4 rings (SSSR count). The average Bonchev–Trinajstić information content (AvgIpc) is 2.64. The maximum absolute atomic E-state index is 11.6. The fourth-order valence-electron chi connectivity index (χ4n) is 4.76. The van der Waals surface area contributed by atoms with Gasteiger partial charge in [-0.25, -0.2) is 0 Å². The predicted molar refractivity (Wildman–Crippen MR) is 97.2 cm³/mol. The van der Waals surface area contributed by atoms with Crippen LogP contribution in [0.4, 0.5) is 0 Å². The van der Waals surface area contributed by atoms with Crippen LogP contribution in [-0.4, -0.2) is 35.2 Å². The highest BCUT2D eigenvalue weighted by molar-refractivity contribution is 5.33. The molecule has 1 aliphatic heterocycles. The molecule has 25 heavy (non-hydrogen) atoms. The SMILES string of the molecule is COc1ccccc1CN1C[C@H]2CCC[C@@H](C1)C2(O)c1ccccn1.